The van der Waals surface area contributed by atoms with Gasteiger partial charge in [0.1, 0.15) is 5.69 Å². The number of Topliss-reactive ketones (excluding diaryl/α,β-unsaturated/α-hetero) is 1. The normalized spacial score (nSPS) is 18.7. The van der Waals surface area contributed by atoms with Gasteiger partial charge in [0, 0.05) is 6.21 Å². The molecule has 0 aromatic heterocycles. The first-order valence-corrected chi connectivity index (χ1v) is 5.34. The topological polar surface area (TPSA) is 38.7 Å². The molecule has 1 aliphatic heterocycles. The molecule has 1 aromatic carbocycles. The largest absolute Gasteiger partial charge is 0.573 e. The lowest BCUT2D eigenvalue weighted by Crippen LogP contribution is -2.20. The summed E-state index contributed by atoms with van der Waals surface area (Å²) in [7, 11) is 0. The van der Waals surface area contributed by atoms with E-state index in [4.69, 9.17) is 11.6 Å². The van der Waals surface area contributed by atoms with Crippen LogP contribution in [0.3, 0.4) is 0 Å². The Bertz CT molecular complexity index is 540. The van der Waals surface area contributed by atoms with Crippen molar-refractivity contribution in [3.8, 4) is 5.75 Å². The molecular formula is C11H7ClF3NO2. The van der Waals surface area contributed by atoms with Crippen LogP contribution in [0.2, 0.25) is 5.02 Å². The van der Waals surface area contributed by atoms with Gasteiger partial charge < -0.3 is 4.74 Å². The zero-order chi connectivity index (χ0) is 13.5. The summed E-state index contributed by atoms with van der Waals surface area (Å²) in [5, 5.41) is 0.0632. The molecular weight excluding hydrogens is 271 g/mol. The summed E-state index contributed by atoms with van der Waals surface area (Å²) < 4.78 is 40.4. The number of halogens is 4. The molecule has 0 N–H and O–H groups in total. The third kappa shape index (κ3) is 2.33. The van der Waals surface area contributed by atoms with Gasteiger partial charge in [0.15, 0.2) is 11.5 Å². The Kier molecular flexibility index (Phi) is 3.06. The second-order valence-corrected chi connectivity index (χ2v) is 4.16. The van der Waals surface area contributed by atoms with Gasteiger partial charge in [-0.25, -0.2) is 0 Å². The van der Waals surface area contributed by atoms with E-state index in [0.29, 0.717) is 0 Å². The maximum absolute atomic E-state index is 12.2. The maximum Gasteiger partial charge on any atom is 0.573 e. The van der Waals surface area contributed by atoms with Crippen LogP contribution < -0.4 is 4.74 Å². The minimum atomic E-state index is -4.84. The summed E-state index contributed by atoms with van der Waals surface area (Å²) in [6.45, 7) is 1.59. The molecule has 0 aliphatic carbocycles. The molecule has 0 saturated carbocycles. The highest BCUT2D eigenvalue weighted by Crippen LogP contribution is 2.41. The summed E-state index contributed by atoms with van der Waals surface area (Å²) in [5.74, 6) is -1.42. The molecule has 18 heavy (non-hydrogen) atoms. The zero-order valence-electron chi connectivity index (χ0n) is 9.08. The van der Waals surface area contributed by atoms with Crippen LogP contribution >= 0.6 is 11.6 Å². The molecule has 0 saturated heterocycles. The van der Waals surface area contributed by atoms with E-state index in [1.54, 1.807) is 6.92 Å². The van der Waals surface area contributed by atoms with Gasteiger partial charge in [0.25, 0.3) is 0 Å². The number of carbonyl (C=O) groups excluding carboxylic acids is 1. The number of ketones is 1. The van der Waals surface area contributed by atoms with Crippen molar-refractivity contribution in [2.24, 2.45) is 10.9 Å². The van der Waals surface area contributed by atoms with Crippen molar-refractivity contribution in [1.29, 1.82) is 0 Å². The number of alkyl halides is 3. The Balaban J connectivity index is 2.56. The van der Waals surface area contributed by atoms with Crippen molar-refractivity contribution >= 4 is 29.3 Å². The lowest BCUT2D eigenvalue weighted by molar-refractivity contribution is -0.274. The Hall–Kier alpha value is -1.56. The average Bonchev–Trinajstić information content (AvgIpc) is 2.25. The Labute approximate surface area is 105 Å². The van der Waals surface area contributed by atoms with Gasteiger partial charge in [-0.05, 0) is 12.1 Å². The van der Waals surface area contributed by atoms with Gasteiger partial charge >= 0.3 is 6.36 Å². The van der Waals surface area contributed by atoms with E-state index in [1.807, 2.05) is 0 Å². The van der Waals surface area contributed by atoms with Crippen LogP contribution in [0.25, 0.3) is 0 Å². The summed E-state index contributed by atoms with van der Waals surface area (Å²) in [6.07, 6.45) is -3.58. The SMILES string of the molecule is CC1C=Nc2c(OC(F)(F)F)ccc(Cl)c2C1=O. The first kappa shape index (κ1) is 12.9. The Morgan fingerprint density at radius 2 is 2.06 bits per heavy atom. The van der Waals surface area contributed by atoms with E-state index >= 15 is 0 Å². The molecule has 96 valence electrons. The van der Waals surface area contributed by atoms with E-state index < -0.39 is 18.0 Å². The molecule has 0 radical (unpaired) electrons. The number of benzene rings is 1. The number of nitrogens with zero attached hydrogens (tertiary/aromatic N) is 1. The number of ether oxygens (including phenoxy) is 1. The third-order valence-electron chi connectivity index (χ3n) is 2.40. The highest BCUT2D eigenvalue weighted by molar-refractivity contribution is 6.35. The minimum absolute atomic E-state index is 0.0339. The molecule has 0 bridgehead atoms. The number of aliphatic imine (C=N–C) groups is 1. The van der Waals surface area contributed by atoms with Crippen molar-refractivity contribution in [1.82, 2.24) is 0 Å². The van der Waals surface area contributed by atoms with E-state index in [-0.39, 0.29) is 22.1 Å². The molecule has 1 aromatic rings. The Morgan fingerprint density at radius 1 is 1.39 bits per heavy atom. The third-order valence-corrected chi connectivity index (χ3v) is 2.72. The van der Waals surface area contributed by atoms with Crippen LogP contribution in [-0.2, 0) is 0 Å². The van der Waals surface area contributed by atoms with Crippen molar-refractivity contribution < 1.29 is 22.7 Å². The lowest BCUT2D eigenvalue weighted by Gasteiger charge is -2.18. The predicted molar refractivity (Wildman–Crippen MR) is 59.8 cm³/mol. The van der Waals surface area contributed by atoms with Gasteiger partial charge in [-0.1, -0.05) is 18.5 Å². The van der Waals surface area contributed by atoms with Crippen LogP contribution in [0.15, 0.2) is 17.1 Å². The highest BCUT2D eigenvalue weighted by atomic mass is 35.5. The fourth-order valence-corrected chi connectivity index (χ4v) is 1.84. The minimum Gasteiger partial charge on any atom is -0.403 e. The standard InChI is InChI=1S/C11H7ClF3NO2/c1-5-4-16-9-7(18-11(13,14)15)3-2-6(12)8(9)10(5)17/h2-5H,1H3. The first-order valence-electron chi connectivity index (χ1n) is 4.96. The second kappa shape index (κ2) is 4.28. The summed E-state index contributed by atoms with van der Waals surface area (Å²) in [5.41, 5.74) is -0.212. The van der Waals surface area contributed by atoms with Gasteiger partial charge in [-0.2, -0.15) is 0 Å². The van der Waals surface area contributed by atoms with Gasteiger partial charge in [0.2, 0.25) is 0 Å². The quantitative estimate of drug-likeness (QED) is 0.784. The van der Waals surface area contributed by atoms with Gasteiger partial charge in [0.05, 0.1) is 16.5 Å². The van der Waals surface area contributed by atoms with Gasteiger partial charge in [-0.3, -0.25) is 9.79 Å². The molecule has 3 nitrogen and oxygen atoms in total. The van der Waals surface area contributed by atoms with E-state index in [0.717, 1.165) is 6.07 Å². The van der Waals surface area contributed by atoms with Crippen LogP contribution in [0.5, 0.6) is 5.75 Å². The van der Waals surface area contributed by atoms with Crippen LogP contribution in [0, 0.1) is 5.92 Å². The second-order valence-electron chi connectivity index (χ2n) is 3.75. The van der Waals surface area contributed by atoms with Crippen molar-refractivity contribution in [2.45, 2.75) is 13.3 Å². The molecule has 0 amide bonds. The predicted octanol–water partition coefficient (Wildman–Crippen LogP) is 3.77. The van der Waals surface area contributed by atoms with Gasteiger partial charge in [-0.15, -0.1) is 13.2 Å². The molecule has 2 rings (SSSR count). The molecule has 1 heterocycles. The van der Waals surface area contributed by atoms with Crippen LogP contribution in [0.1, 0.15) is 17.3 Å². The zero-order valence-corrected chi connectivity index (χ0v) is 9.84. The van der Waals surface area contributed by atoms with Crippen LogP contribution in [0.4, 0.5) is 18.9 Å². The molecule has 1 unspecified atom stereocenters. The molecule has 1 atom stereocenters. The number of rotatable bonds is 1. The fraction of sp³-hybridized carbons (Fsp3) is 0.273. The number of carbonyl (C=O) groups is 1. The van der Waals surface area contributed by atoms with E-state index in [1.165, 1.54) is 12.3 Å². The number of hydrogen-bond donors (Lipinski definition) is 0. The molecule has 0 fully saturated rings. The van der Waals surface area contributed by atoms with Crippen molar-refractivity contribution in [2.75, 3.05) is 0 Å². The van der Waals surface area contributed by atoms with Crippen molar-refractivity contribution in [3.05, 3.63) is 22.7 Å². The number of hydrogen-bond acceptors (Lipinski definition) is 3. The first-order chi connectivity index (χ1) is 8.29. The van der Waals surface area contributed by atoms with E-state index in [9.17, 15) is 18.0 Å². The fourth-order valence-electron chi connectivity index (χ4n) is 1.60. The summed E-state index contributed by atoms with van der Waals surface area (Å²) >= 11 is 5.81. The number of fused-ring (bicyclic) bond motifs is 1. The highest BCUT2D eigenvalue weighted by Gasteiger charge is 2.34. The van der Waals surface area contributed by atoms with E-state index in [2.05, 4.69) is 9.73 Å². The smallest absolute Gasteiger partial charge is 0.403 e. The lowest BCUT2D eigenvalue weighted by atomic mass is 9.96. The van der Waals surface area contributed by atoms with Crippen LogP contribution in [-0.4, -0.2) is 18.4 Å². The molecule has 1 aliphatic rings. The maximum atomic E-state index is 12.2. The monoisotopic (exact) mass is 277 g/mol. The summed E-state index contributed by atoms with van der Waals surface area (Å²) in [4.78, 5) is 15.7. The molecule has 0 spiro atoms. The Morgan fingerprint density at radius 3 is 2.67 bits per heavy atom. The molecule has 7 heteroatoms. The average molecular weight is 278 g/mol. The van der Waals surface area contributed by atoms with Crippen molar-refractivity contribution in [3.63, 3.8) is 0 Å². The summed E-state index contributed by atoms with van der Waals surface area (Å²) in [6, 6.07) is 2.22.